The van der Waals surface area contributed by atoms with E-state index in [0.717, 1.165) is 28.9 Å². The van der Waals surface area contributed by atoms with Crippen LogP contribution in [0.3, 0.4) is 0 Å². The van der Waals surface area contributed by atoms with E-state index in [1.807, 2.05) is 0 Å². The number of H-pyrrole nitrogens is 1. The highest BCUT2D eigenvalue weighted by Crippen LogP contribution is 2.46. The summed E-state index contributed by atoms with van der Waals surface area (Å²) in [5.41, 5.74) is -1.11. The van der Waals surface area contributed by atoms with Crippen molar-refractivity contribution in [3.63, 3.8) is 0 Å². The van der Waals surface area contributed by atoms with E-state index in [4.69, 9.17) is 14.2 Å². The Bertz CT molecular complexity index is 3320. The Morgan fingerprint density at radius 2 is 1.18 bits per heavy atom. The van der Waals surface area contributed by atoms with Gasteiger partial charge in [-0.2, -0.15) is 30.4 Å². The van der Waals surface area contributed by atoms with Crippen molar-refractivity contribution in [1.82, 2.24) is 9.78 Å². The molecule has 65 heavy (non-hydrogen) atoms. The van der Waals surface area contributed by atoms with Crippen LogP contribution in [0.1, 0.15) is 11.3 Å². The molecule has 0 aliphatic heterocycles. The van der Waals surface area contributed by atoms with Crippen LogP contribution in [-0.2, 0) is 30.4 Å². The quantitative estimate of drug-likeness (QED) is 0.0385. The highest BCUT2D eigenvalue weighted by Gasteiger charge is 2.24. The molecule has 0 atom stereocenters. The molecule has 342 valence electrons. The molecule has 0 radical (unpaired) electrons. The van der Waals surface area contributed by atoms with Gasteiger partial charge in [0.1, 0.15) is 63.0 Å². The van der Waals surface area contributed by atoms with E-state index in [9.17, 15) is 59.0 Å². The number of aliphatic hydroxyl groups is 2. The van der Waals surface area contributed by atoms with Crippen LogP contribution in [0.4, 0.5) is 34.1 Å². The summed E-state index contributed by atoms with van der Waals surface area (Å²) in [6, 6.07) is 14.5. The molecule has 0 fully saturated rings. The minimum absolute atomic E-state index is 0.00795. The minimum atomic E-state index is -5.14. The van der Waals surface area contributed by atoms with E-state index < -0.39 is 70.4 Å². The molecule has 0 aliphatic rings. The maximum atomic E-state index is 13.2. The van der Waals surface area contributed by atoms with E-state index in [0.29, 0.717) is 0 Å². The Kier molecular flexibility index (Phi) is 13.9. The number of hydrogen-bond acceptors (Lipinski definition) is 19. The third kappa shape index (κ3) is 10.7. The van der Waals surface area contributed by atoms with Crippen molar-refractivity contribution in [2.75, 3.05) is 33.5 Å². The molecular weight excluding hydrogens is 921 g/mol. The zero-order valence-corrected chi connectivity index (χ0v) is 36.3. The number of hydrogen-bond donors (Lipinski definition) is 7. The number of aromatic amines is 1. The van der Waals surface area contributed by atoms with Gasteiger partial charge in [0.25, 0.3) is 35.9 Å². The molecule has 0 saturated heterocycles. The fourth-order valence-electron chi connectivity index (χ4n) is 6.03. The summed E-state index contributed by atoms with van der Waals surface area (Å²) in [5, 5.41) is 57.6. The number of azo groups is 3. The molecule has 0 saturated carbocycles. The summed E-state index contributed by atoms with van der Waals surface area (Å²) in [6.07, 6.45) is 0. The Labute approximate surface area is 368 Å². The number of aromatic hydroxyl groups is 1. The average molecular weight is 957 g/mol. The smallest absolute Gasteiger partial charge is 0.299 e. The van der Waals surface area contributed by atoms with Crippen LogP contribution < -0.4 is 19.8 Å². The number of ether oxygens (including phenoxy) is 3. The molecule has 1 aromatic heterocycles. The van der Waals surface area contributed by atoms with Gasteiger partial charge in [-0.05, 0) is 79.4 Å². The fourth-order valence-corrected chi connectivity index (χ4v) is 7.89. The Morgan fingerprint density at radius 3 is 1.72 bits per heavy atom. The van der Waals surface area contributed by atoms with E-state index in [1.54, 1.807) is 0 Å². The predicted molar refractivity (Wildman–Crippen MR) is 228 cm³/mol. The molecule has 0 spiro atoms. The molecular formula is C38H36N8O16S3. The van der Waals surface area contributed by atoms with Gasteiger partial charge >= 0.3 is 0 Å². The third-order valence-electron chi connectivity index (χ3n) is 9.03. The first-order valence-corrected chi connectivity index (χ1v) is 22.7. The van der Waals surface area contributed by atoms with Crippen molar-refractivity contribution in [1.29, 1.82) is 0 Å². The third-order valence-corrected chi connectivity index (χ3v) is 11.8. The van der Waals surface area contributed by atoms with Gasteiger partial charge in [-0.3, -0.25) is 23.6 Å². The number of methoxy groups -OCH3 is 1. The number of aromatic nitrogens is 2. The number of nitrogens with one attached hydrogen (secondary N) is 1. The molecule has 24 nitrogen and oxygen atoms in total. The summed E-state index contributed by atoms with van der Waals surface area (Å²) >= 11 is 0. The number of phenolic OH excluding ortho intramolecular Hbond substituents is 1. The average Bonchev–Trinajstić information content (AvgIpc) is 3.53. The summed E-state index contributed by atoms with van der Waals surface area (Å²) < 4.78 is 119. The number of aliphatic hydroxyl groups excluding tert-OH is 2. The number of nitrogens with zero attached hydrogens (tertiary/aromatic N) is 7. The van der Waals surface area contributed by atoms with Gasteiger partial charge in [0.05, 0.1) is 42.3 Å². The van der Waals surface area contributed by atoms with Gasteiger partial charge in [0, 0.05) is 23.6 Å². The van der Waals surface area contributed by atoms with Crippen LogP contribution in [0.15, 0.2) is 123 Å². The summed E-state index contributed by atoms with van der Waals surface area (Å²) in [5.74, 6) is -1.07. The molecule has 6 aromatic rings. The number of benzene rings is 5. The largest absolute Gasteiger partial charge is 0.505 e. The van der Waals surface area contributed by atoms with Gasteiger partial charge in [0.15, 0.2) is 11.4 Å². The van der Waals surface area contributed by atoms with Gasteiger partial charge in [-0.1, -0.05) is 0 Å². The fraction of sp³-hybridized carbons (Fsp3) is 0.184. The first-order valence-electron chi connectivity index (χ1n) is 18.4. The summed E-state index contributed by atoms with van der Waals surface area (Å²) in [6.45, 7) is 1.40. The van der Waals surface area contributed by atoms with Crippen molar-refractivity contribution >= 4 is 75.3 Å². The standard InChI is InChI=1S/C38H36N8O16S3/c1-20-14-27(30(60-3)19-33(20)64(54,55)56)40-41-28-17-32(62-13-11-48)29(18-31(28)61-12-10-47)42-44-36-34(65(57,58)59)16-22-15-23(4-9-26(22)37(36)49)39-43-35-21(2)45-46(38(35)50)24-5-7-25(8-6-24)63(51,52)53/h4-9,14-19,45,47-49H,10-13H2,1-3H3,(H,51,52,53)(H,54,55,56)(H,57,58,59). The molecule has 5 aromatic carbocycles. The highest BCUT2D eigenvalue weighted by atomic mass is 32.2. The topological polar surface area (TPSA) is 363 Å². The Balaban J connectivity index is 1.38. The molecule has 27 heteroatoms. The first kappa shape index (κ1) is 47.5. The van der Waals surface area contributed by atoms with Crippen molar-refractivity contribution in [3.8, 4) is 28.7 Å². The maximum Gasteiger partial charge on any atom is 0.299 e. The monoisotopic (exact) mass is 956 g/mol. The maximum absolute atomic E-state index is 13.2. The number of fused-ring (bicyclic) bond motifs is 1. The number of aryl methyl sites for hydroxylation is 2. The lowest BCUT2D eigenvalue weighted by molar-refractivity contribution is 0.198. The van der Waals surface area contributed by atoms with Crippen LogP contribution in [0, 0.1) is 13.8 Å². The first-order chi connectivity index (χ1) is 30.6. The van der Waals surface area contributed by atoms with Gasteiger partial charge in [-0.25, -0.2) is 4.68 Å². The Morgan fingerprint density at radius 1 is 0.631 bits per heavy atom. The highest BCUT2D eigenvalue weighted by molar-refractivity contribution is 7.86. The summed E-state index contributed by atoms with van der Waals surface area (Å²) in [7, 11) is -13.0. The molecule has 0 unspecified atom stereocenters. The predicted octanol–water partition coefficient (Wildman–Crippen LogP) is 6.38. The van der Waals surface area contributed by atoms with Gasteiger partial charge in [-0.15, -0.1) is 25.6 Å². The minimum Gasteiger partial charge on any atom is -0.505 e. The van der Waals surface area contributed by atoms with E-state index in [1.165, 1.54) is 69.5 Å². The van der Waals surface area contributed by atoms with Crippen LogP contribution >= 0.6 is 0 Å². The zero-order chi connectivity index (χ0) is 47.4. The van der Waals surface area contributed by atoms with Crippen molar-refractivity contribution in [3.05, 3.63) is 94.4 Å². The molecule has 6 rings (SSSR count). The Hall–Kier alpha value is -6.98. The molecule has 0 amide bonds. The second-order valence-electron chi connectivity index (χ2n) is 13.4. The van der Waals surface area contributed by atoms with Gasteiger partial charge < -0.3 is 29.5 Å². The summed E-state index contributed by atoms with van der Waals surface area (Å²) in [4.78, 5) is 11.5. The van der Waals surface area contributed by atoms with Crippen molar-refractivity contribution in [2.24, 2.45) is 30.7 Å². The SMILES string of the molecule is COc1cc(S(=O)(=O)O)c(C)cc1N=Nc1cc(OCCO)c(N=Nc2c(S(=O)(=O)O)cc3cc(N=Nc4c(C)[nH]n(-c5ccc(S(=O)(=O)O)cc5)c4=O)ccc3c2O)cc1OCCO. The number of phenols is 1. The second-order valence-corrected chi connectivity index (χ2v) is 17.6. The van der Waals surface area contributed by atoms with Crippen LogP contribution in [0.2, 0.25) is 0 Å². The molecule has 7 N–H and O–H groups in total. The number of rotatable bonds is 17. The molecule has 0 bridgehead atoms. The molecule has 1 heterocycles. The van der Waals surface area contributed by atoms with E-state index >= 15 is 0 Å². The zero-order valence-electron chi connectivity index (χ0n) is 33.9. The lowest BCUT2D eigenvalue weighted by atomic mass is 10.1. The van der Waals surface area contributed by atoms with Crippen molar-refractivity contribution in [2.45, 2.75) is 28.5 Å². The van der Waals surface area contributed by atoms with Crippen LogP contribution in [0.5, 0.6) is 23.0 Å². The lowest BCUT2D eigenvalue weighted by Gasteiger charge is -2.13. The van der Waals surface area contributed by atoms with Gasteiger partial charge in [0.2, 0.25) is 0 Å². The second kappa shape index (κ2) is 19.0. The molecule has 0 aliphatic carbocycles. The van der Waals surface area contributed by atoms with Crippen LogP contribution in [-0.4, -0.2) is 97.5 Å². The van der Waals surface area contributed by atoms with E-state index in [2.05, 4.69) is 35.8 Å². The van der Waals surface area contributed by atoms with Crippen molar-refractivity contribution < 1.29 is 68.4 Å². The van der Waals surface area contributed by atoms with E-state index in [-0.39, 0.29) is 91.5 Å². The normalized spacial score (nSPS) is 12.6. The lowest BCUT2D eigenvalue weighted by Crippen LogP contribution is -2.14. The van der Waals surface area contributed by atoms with Crippen LogP contribution in [0.25, 0.3) is 16.5 Å².